The molecule has 6 heteroatoms. The molecule has 1 unspecified atom stereocenters. The first kappa shape index (κ1) is 15.2. The van der Waals surface area contributed by atoms with Crippen LogP contribution in [0.5, 0.6) is 11.5 Å². The maximum Gasteiger partial charge on any atom is 0.234 e. The van der Waals surface area contributed by atoms with Gasteiger partial charge in [-0.2, -0.15) is 0 Å². The number of nitrogens with zero attached hydrogens (tertiary/aromatic N) is 1. The lowest BCUT2D eigenvalue weighted by Crippen LogP contribution is -2.27. The molecule has 1 amide bonds. The molecule has 22 heavy (non-hydrogen) atoms. The average Bonchev–Trinajstić information content (AvgIpc) is 3.18. The monoisotopic (exact) mass is 335 g/mol. The normalized spacial score (nSPS) is 17.8. The highest BCUT2D eigenvalue weighted by molar-refractivity contribution is 8.00. The van der Waals surface area contributed by atoms with E-state index >= 15 is 0 Å². The first-order valence-electron chi connectivity index (χ1n) is 6.89. The van der Waals surface area contributed by atoms with Gasteiger partial charge >= 0.3 is 0 Å². The standard InChI is InChI=1S/C16H17NO3S2/c1-19-12-6-3-5-11(15(12)20-2)9-17-14(18)10-22-16(17)13-7-4-8-21-13/h3-8,16H,9-10H2,1-2H3. The van der Waals surface area contributed by atoms with E-state index in [4.69, 9.17) is 9.47 Å². The summed E-state index contributed by atoms with van der Waals surface area (Å²) in [5.41, 5.74) is 0.958. The van der Waals surface area contributed by atoms with Crippen LogP contribution < -0.4 is 9.47 Å². The van der Waals surface area contributed by atoms with Gasteiger partial charge in [0.15, 0.2) is 11.5 Å². The number of ether oxygens (including phenoxy) is 2. The number of carbonyl (C=O) groups is 1. The topological polar surface area (TPSA) is 38.8 Å². The summed E-state index contributed by atoms with van der Waals surface area (Å²) in [4.78, 5) is 15.4. The number of hydrogen-bond donors (Lipinski definition) is 0. The molecule has 1 aromatic carbocycles. The van der Waals surface area contributed by atoms with Crippen molar-refractivity contribution in [3.63, 3.8) is 0 Å². The molecule has 1 saturated heterocycles. The first-order valence-corrected chi connectivity index (χ1v) is 8.81. The highest BCUT2D eigenvalue weighted by atomic mass is 32.2. The van der Waals surface area contributed by atoms with Crippen molar-refractivity contribution in [1.82, 2.24) is 4.90 Å². The molecule has 0 aliphatic carbocycles. The van der Waals surface area contributed by atoms with Gasteiger partial charge < -0.3 is 14.4 Å². The summed E-state index contributed by atoms with van der Waals surface area (Å²) < 4.78 is 10.8. The molecule has 0 N–H and O–H groups in total. The number of rotatable bonds is 5. The Morgan fingerprint density at radius 1 is 1.23 bits per heavy atom. The molecular formula is C16H17NO3S2. The Morgan fingerprint density at radius 2 is 2.09 bits per heavy atom. The van der Waals surface area contributed by atoms with Crippen LogP contribution in [0.15, 0.2) is 35.7 Å². The van der Waals surface area contributed by atoms with Crippen LogP contribution in [-0.2, 0) is 11.3 Å². The van der Waals surface area contributed by atoms with Gasteiger partial charge in [-0.25, -0.2) is 0 Å². The Kier molecular flexibility index (Phi) is 4.59. The van der Waals surface area contributed by atoms with Gasteiger partial charge in [0.1, 0.15) is 5.37 Å². The van der Waals surface area contributed by atoms with E-state index in [1.54, 1.807) is 37.3 Å². The molecular weight excluding hydrogens is 318 g/mol. The Morgan fingerprint density at radius 3 is 2.77 bits per heavy atom. The lowest BCUT2D eigenvalue weighted by atomic mass is 10.1. The van der Waals surface area contributed by atoms with Crippen LogP contribution in [0.3, 0.4) is 0 Å². The minimum absolute atomic E-state index is 0.0865. The van der Waals surface area contributed by atoms with Crippen molar-refractivity contribution in [3.8, 4) is 11.5 Å². The lowest BCUT2D eigenvalue weighted by Gasteiger charge is -2.24. The number of hydrogen-bond acceptors (Lipinski definition) is 5. The van der Waals surface area contributed by atoms with Crippen LogP contribution in [0.25, 0.3) is 0 Å². The van der Waals surface area contributed by atoms with Gasteiger partial charge in [-0.05, 0) is 17.5 Å². The van der Waals surface area contributed by atoms with Crippen molar-refractivity contribution in [2.24, 2.45) is 0 Å². The van der Waals surface area contributed by atoms with Crippen LogP contribution in [0.2, 0.25) is 0 Å². The van der Waals surface area contributed by atoms with Gasteiger partial charge in [0, 0.05) is 10.4 Å². The number of amides is 1. The SMILES string of the molecule is COc1cccc(CN2C(=O)CSC2c2cccs2)c1OC. The summed E-state index contributed by atoms with van der Waals surface area (Å²) >= 11 is 3.36. The molecule has 1 aromatic heterocycles. The Labute approximate surface area is 138 Å². The van der Waals surface area contributed by atoms with E-state index < -0.39 is 0 Å². The lowest BCUT2D eigenvalue weighted by molar-refractivity contribution is -0.128. The molecule has 1 aliphatic rings. The van der Waals surface area contributed by atoms with Gasteiger partial charge in [0.05, 0.1) is 26.5 Å². The predicted molar refractivity (Wildman–Crippen MR) is 89.6 cm³/mol. The molecule has 0 saturated carbocycles. The van der Waals surface area contributed by atoms with Crippen molar-refractivity contribution in [2.45, 2.75) is 11.9 Å². The number of methoxy groups -OCH3 is 2. The highest BCUT2D eigenvalue weighted by Crippen LogP contribution is 2.42. The van der Waals surface area contributed by atoms with Gasteiger partial charge in [-0.3, -0.25) is 4.79 Å². The molecule has 1 aliphatic heterocycles. The Balaban J connectivity index is 1.89. The molecule has 116 valence electrons. The molecule has 0 spiro atoms. The van der Waals surface area contributed by atoms with E-state index in [0.29, 0.717) is 23.8 Å². The molecule has 1 fully saturated rings. The third kappa shape index (κ3) is 2.80. The minimum Gasteiger partial charge on any atom is -0.493 e. The van der Waals surface area contributed by atoms with E-state index in [1.807, 2.05) is 34.5 Å². The number of benzene rings is 1. The second kappa shape index (κ2) is 6.62. The fourth-order valence-electron chi connectivity index (χ4n) is 2.55. The van der Waals surface area contributed by atoms with Gasteiger partial charge in [0.25, 0.3) is 0 Å². The van der Waals surface area contributed by atoms with Crippen molar-refractivity contribution >= 4 is 29.0 Å². The molecule has 2 aromatic rings. The minimum atomic E-state index is 0.0865. The summed E-state index contributed by atoms with van der Waals surface area (Å²) in [6.45, 7) is 0.523. The smallest absolute Gasteiger partial charge is 0.234 e. The Hall–Kier alpha value is -1.66. The fraction of sp³-hybridized carbons (Fsp3) is 0.312. The predicted octanol–water partition coefficient (Wildman–Crippen LogP) is 3.54. The maximum atomic E-state index is 12.3. The van der Waals surface area contributed by atoms with Crippen LogP contribution in [0, 0.1) is 0 Å². The van der Waals surface area contributed by atoms with Gasteiger partial charge in [-0.15, -0.1) is 23.1 Å². The number of thiophene rings is 1. The number of para-hydroxylation sites is 1. The van der Waals surface area contributed by atoms with Gasteiger partial charge in [-0.1, -0.05) is 18.2 Å². The second-order valence-corrected chi connectivity index (χ2v) is 6.90. The van der Waals surface area contributed by atoms with E-state index in [2.05, 4.69) is 6.07 Å². The fourth-order valence-corrected chi connectivity index (χ4v) is 4.72. The van der Waals surface area contributed by atoms with E-state index in [0.717, 1.165) is 5.56 Å². The molecule has 4 nitrogen and oxygen atoms in total. The van der Waals surface area contributed by atoms with Gasteiger partial charge in [0.2, 0.25) is 5.91 Å². The quantitative estimate of drug-likeness (QED) is 0.838. The molecule has 0 bridgehead atoms. The van der Waals surface area contributed by atoms with Crippen LogP contribution in [0.1, 0.15) is 15.8 Å². The second-order valence-electron chi connectivity index (χ2n) is 4.85. The summed E-state index contributed by atoms with van der Waals surface area (Å²) in [5, 5.41) is 2.13. The van der Waals surface area contributed by atoms with Crippen molar-refractivity contribution in [2.75, 3.05) is 20.0 Å². The highest BCUT2D eigenvalue weighted by Gasteiger charge is 2.34. The largest absolute Gasteiger partial charge is 0.493 e. The average molecular weight is 335 g/mol. The van der Waals surface area contributed by atoms with E-state index in [9.17, 15) is 4.79 Å². The Bertz CT molecular complexity index is 657. The van der Waals surface area contributed by atoms with Crippen molar-refractivity contribution < 1.29 is 14.3 Å². The first-order chi connectivity index (χ1) is 10.7. The molecule has 0 radical (unpaired) electrons. The van der Waals surface area contributed by atoms with Crippen LogP contribution >= 0.6 is 23.1 Å². The summed E-state index contributed by atoms with van der Waals surface area (Å²) in [6.07, 6.45) is 0. The third-order valence-corrected chi connectivity index (χ3v) is 5.89. The maximum absolute atomic E-state index is 12.3. The molecule has 2 heterocycles. The van der Waals surface area contributed by atoms with Crippen molar-refractivity contribution in [3.05, 3.63) is 46.2 Å². The summed E-state index contributed by atoms with van der Waals surface area (Å²) in [5.74, 6) is 2.06. The summed E-state index contributed by atoms with van der Waals surface area (Å²) in [7, 11) is 3.24. The van der Waals surface area contributed by atoms with Crippen molar-refractivity contribution in [1.29, 1.82) is 0 Å². The zero-order chi connectivity index (χ0) is 15.5. The summed E-state index contributed by atoms with van der Waals surface area (Å²) in [6, 6.07) is 9.86. The zero-order valence-electron chi connectivity index (χ0n) is 12.4. The third-order valence-electron chi connectivity index (χ3n) is 3.58. The van der Waals surface area contributed by atoms with Crippen LogP contribution in [0.4, 0.5) is 0 Å². The van der Waals surface area contributed by atoms with E-state index in [-0.39, 0.29) is 11.3 Å². The molecule has 3 rings (SSSR count). The van der Waals surface area contributed by atoms with E-state index in [1.165, 1.54) is 4.88 Å². The number of carbonyl (C=O) groups excluding carboxylic acids is 1. The number of thioether (sulfide) groups is 1. The molecule has 1 atom stereocenters. The van der Waals surface area contributed by atoms with Crippen LogP contribution in [-0.4, -0.2) is 30.8 Å². The zero-order valence-corrected chi connectivity index (χ0v) is 14.1.